The van der Waals surface area contributed by atoms with Gasteiger partial charge < -0.3 is 10.6 Å². The Balaban J connectivity index is 1.84. The summed E-state index contributed by atoms with van der Waals surface area (Å²) in [4.78, 5) is 0. The zero-order chi connectivity index (χ0) is 15.3. The third-order valence-corrected chi connectivity index (χ3v) is 2.99. The van der Waals surface area contributed by atoms with Crippen molar-refractivity contribution in [2.24, 2.45) is 0 Å². The van der Waals surface area contributed by atoms with E-state index >= 15 is 0 Å². The first-order valence-electron chi connectivity index (χ1n) is 6.67. The molecule has 0 heterocycles. The van der Waals surface area contributed by atoms with Crippen LogP contribution in [0.2, 0.25) is 0 Å². The van der Waals surface area contributed by atoms with Crippen LogP contribution in [0.25, 0.3) is 0 Å². The number of benzene rings is 2. The van der Waals surface area contributed by atoms with Gasteiger partial charge in [-0.3, -0.25) is 0 Å². The molecule has 2 aromatic carbocycles. The van der Waals surface area contributed by atoms with Crippen molar-refractivity contribution in [1.82, 2.24) is 0 Å². The zero-order valence-corrected chi connectivity index (χ0v) is 11.7. The van der Waals surface area contributed by atoms with E-state index in [2.05, 4.69) is 10.6 Å². The number of hydrogen-bond acceptors (Lipinski definition) is 2. The molecule has 0 aliphatic rings. The van der Waals surface area contributed by atoms with Gasteiger partial charge in [0.1, 0.15) is 0 Å². The first kappa shape index (κ1) is 15.2. The topological polar surface area (TPSA) is 24.1 Å². The van der Waals surface area contributed by atoms with Crippen molar-refractivity contribution < 1.29 is 13.2 Å². The highest BCUT2D eigenvalue weighted by Gasteiger charge is 2.30. The molecule has 0 saturated carbocycles. The molecule has 2 N–H and O–H groups in total. The van der Waals surface area contributed by atoms with Gasteiger partial charge in [0.25, 0.3) is 0 Å². The number of hydrogen-bond donors (Lipinski definition) is 2. The summed E-state index contributed by atoms with van der Waals surface area (Å²) in [7, 11) is 0. The van der Waals surface area contributed by atoms with E-state index in [4.69, 9.17) is 0 Å². The summed E-state index contributed by atoms with van der Waals surface area (Å²) in [6, 6.07) is 13.1. The van der Waals surface area contributed by atoms with Crippen LogP contribution < -0.4 is 10.6 Å². The van der Waals surface area contributed by atoms with Gasteiger partial charge in [-0.15, -0.1) is 0 Å². The van der Waals surface area contributed by atoms with Crippen molar-refractivity contribution in [3.8, 4) is 0 Å². The Hall–Kier alpha value is -2.17. The Bertz CT molecular complexity index is 594. The summed E-state index contributed by atoms with van der Waals surface area (Å²) in [6.45, 7) is 3.17. The van der Waals surface area contributed by atoms with Crippen LogP contribution in [0.5, 0.6) is 0 Å². The SMILES string of the molecule is Cc1cccc(NCCNc2cccc(C(F)(F)F)c2)c1. The predicted molar refractivity (Wildman–Crippen MR) is 79.6 cm³/mol. The van der Waals surface area contributed by atoms with Gasteiger partial charge in [-0.25, -0.2) is 0 Å². The van der Waals surface area contributed by atoms with Crippen LogP contribution in [0.1, 0.15) is 11.1 Å². The molecule has 0 spiro atoms. The van der Waals surface area contributed by atoms with E-state index in [1.807, 2.05) is 31.2 Å². The molecule has 0 unspecified atom stereocenters. The van der Waals surface area contributed by atoms with Crippen molar-refractivity contribution in [2.75, 3.05) is 23.7 Å². The molecular formula is C16H17F3N2. The molecule has 0 radical (unpaired) electrons. The molecule has 21 heavy (non-hydrogen) atoms. The van der Waals surface area contributed by atoms with E-state index in [-0.39, 0.29) is 0 Å². The minimum Gasteiger partial charge on any atom is -0.383 e. The first-order valence-corrected chi connectivity index (χ1v) is 6.67. The van der Waals surface area contributed by atoms with Crippen molar-refractivity contribution in [3.05, 3.63) is 59.7 Å². The monoisotopic (exact) mass is 294 g/mol. The van der Waals surface area contributed by atoms with Gasteiger partial charge in [-0.2, -0.15) is 13.2 Å². The fourth-order valence-electron chi connectivity index (χ4n) is 1.97. The molecule has 2 nitrogen and oxygen atoms in total. The molecule has 0 aliphatic carbocycles. The standard InChI is InChI=1S/C16H17F3N2/c1-12-4-2-6-14(10-12)20-8-9-21-15-7-3-5-13(11-15)16(17,18)19/h2-7,10-11,20-21H,8-9H2,1H3. The summed E-state index contributed by atoms with van der Waals surface area (Å²) in [6.07, 6.45) is -4.31. The summed E-state index contributed by atoms with van der Waals surface area (Å²) in [5.74, 6) is 0. The van der Waals surface area contributed by atoms with E-state index in [1.54, 1.807) is 6.07 Å². The van der Waals surface area contributed by atoms with Gasteiger partial charge in [0.05, 0.1) is 5.56 Å². The molecule has 2 rings (SSSR count). The normalized spacial score (nSPS) is 11.2. The Kier molecular flexibility index (Phi) is 4.73. The average molecular weight is 294 g/mol. The van der Waals surface area contributed by atoms with Crippen molar-refractivity contribution in [1.29, 1.82) is 0 Å². The Morgan fingerprint density at radius 2 is 1.43 bits per heavy atom. The molecule has 112 valence electrons. The van der Waals surface area contributed by atoms with Gasteiger partial charge in [0.2, 0.25) is 0 Å². The van der Waals surface area contributed by atoms with Crippen molar-refractivity contribution in [3.63, 3.8) is 0 Å². The van der Waals surface area contributed by atoms with Crippen LogP contribution in [0.15, 0.2) is 48.5 Å². The van der Waals surface area contributed by atoms with E-state index in [1.165, 1.54) is 6.07 Å². The van der Waals surface area contributed by atoms with Gasteiger partial charge in [-0.1, -0.05) is 18.2 Å². The molecule has 2 aromatic rings. The molecular weight excluding hydrogens is 277 g/mol. The summed E-state index contributed by atoms with van der Waals surface area (Å²) in [5.41, 5.74) is 1.99. The lowest BCUT2D eigenvalue weighted by Crippen LogP contribution is -2.14. The second kappa shape index (κ2) is 6.52. The summed E-state index contributed by atoms with van der Waals surface area (Å²) < 4.78 is 37.7. The molecule has 0 aromatic heterocycles. The smallest absolute Gasteiger partial charge is 0.383 e. The highest BCUT2D eigenvalue weighted by atomic mass is 19.4. The summed E-state index contributed by atoms with van der Waals surface area (Å²) >= 11 is 0. The first-order chi connectivity index (χ1) is 9.95. The highest BCUT2D eigenvalue weighted by molar-refractivity contribution is 5.48. The Morgan fingerprint density at radius 3 is 2.00 bits per heavy atom. The van der Waals surface area contributed by atoms with Crippen LogP contribution in [-0.2, 0) is 6.18 Å². The largest absolute Gasteiger partial charge is 0.416 e. The number of aryl methyl sites for hydroxylation is 1. The second-order valence-corrected chi connectivity index (χ2v) is 4.80. The maximum atomic E-state index is 12.6. The minimum atomic E-state index is -4.31. The highest BCUT2D eigenvalue weighted by Crippen LogP contribution is 2.30. The van der Waals surface area contributed by atoms with Gasteiger partial charge in [0.15, 0.2) is 0 Å². The third kappa shape index (κ3) is 4.70. The maximum Gasteiger partial charge on any atom is 0.416 e. The molecule has 0 saturated heterocycles. The number of alkyl halides is 3. The van der Waals surface area contributed by atoms with Gasteiger partial charge >= 0.3 is 6.18 Å². The van der Waals surface area contributed by atoms with Crippen molar-refractivity contribution >= 4 is 11.4 Å². The number of rotatable bonds is 5. The van der Waals surface area contributed by atoms with E-state index in [9.17, 15) is 13.2 Å². The van der Waals surface area contributed by atoms with Crippen LogP contribution in [-0.4, -0.2) is 13.1 Å². The van der Waals surface area contributed by atoms with E-state index in [0.29, 0.717) is 18.8 Å². The number of anilines is 2. The lowest BCUT2D eigenvalue weighted by molar-refractivity contribution is -0.137. The number of nitrogens with one attached hydrogen (secondary N) is 2. The van der Waals surface area contributed by atoms with Crippen LogP contribution in [0.3, 0.4) is 0 Å². The molecule has 0 fully saturated rings. The quantitative estimate of drug-likeness (QED) is 0.791. The second-order valence-electron chi connectivity index (χ2n) is 4.80. The third-order valence-electron chi connectivity index (χ3n) is 2.99. The molecule has 0 aliphatic heterocycles. The van der Waals surface area contributed by atoms with Crippen LogP contribution in [0, 0.1) is 6.92 Å². The minimum absolute atomic E-state index is 0.468. The fraction of sp³-hybridized carbons (Fsp3) is 0.250. The fourth-order valence-corrected chi connectivity index (χ4v) is 1.97. The molecule has 0 amide bonds. The van der Waals surface area contributed by atoms with Crippen molar-refractivity contribution in [2.45, 2.75) is 13.1 Å². The van der Waals surface area contributed by atoms with Gasteiger partial charge in [0, 0.05) is 24.5 Å². The lowest BCUT2D eigenvalue weighted by atomic mass is 10.2. The Morgan fingerprint density at radius 1 is 0.857 bits per heavy atom. The van der Waals surface area contributed by atoms with E-state index < -0.39 is 11.7 Å². The van der Waals surface area contributed by atoms with Gasteiger partial charge in [-0.05, 0) is 42.8 Å². The molecule has 0 bridgehead atoms. The average Bonchev–Trinajstić information content (AvgIpc) is 2.43. The zero-order valence-electron chi connectivity index (χ0n) is 11.7. The van der Waals surface area contributed by atoms with Crippen LogP contribution >= 0.6 is 0 Å². The maximum absolute atomic E-state index is 12.6. The predicted octanol–water partition coefficient (Wildman–Crippen LogP) is 4.54. The molecule has 0 atom stereocenters. The Labute approximate surface area is 122 Å². The molecule has 5 heteroatoms. The summed E-state index contributed by atoms with van der Waals surface area (Å²) in [5, 5.41) is 6.20. The number of halogens is 3. The van der Waals surface area contributed by atoms with E-state index in [0.717, 1.165) is 23.4 Å². The van der Waals surface area contributed by atoms with Crippen LogP contribution in [0.4, 0.5) is 24.5 Å². The lowest BCUT2D eigenvalue weighted by Gasteiger charge is -2.11.